The SMILES string of the molecule is Cc1nc2ccc(S(=O)(=O)NC(CC(C)C)C(=O)Nc3ccc(F)cc3F)cc2s1. The number of hydrogen-bond donors (Lipinski definition) is 2. The average molecular weight is 454 g/mol. The first-order chi connectivity index (χ1) is 14.0. The summed E-state index contributed by atoms with van der Waals surface area (Å²) in [5.74, 6) is -2.47. The van der Waals surface area contributed by atoms with Gasteiger partial charge in [-0.3, -0.25) is 4.79 Å². The zero-order valence-corrected chi connectivity index (χ0v) is 18.2. The van der Waals surface area contributed by atoms with Gasteiger partial charge in [-0.2, -0.15) is 4.72 Å². The lowest BCUT2D eigenvalue weighted by Crippen LogP contribution is -2.44. The molecule has 0 aliphatic carbocycles. The molecule has 2 aromatic carbocycles. The van der Waals surface area contributed by atoms with Crippen LogP contribution in [0.25, 0.3) is 10.2 Å². The highest BCUT2D eigenvalue weighted by Gasteiger charge is 2.27. The Hall–Kier alpha value is -2.43. The molecule has 0 aliphatic heterocycles. The molecule has 1 heterocycles. The summed E-state index contributed by atoms with van der Waals surface area (Å²) in [5, 5.41) is 3.15. The molecule has 0 saturated carbocycles. The van der Waals surface area contributed by atoms with Crippen LogP contribution in [-0.4, -0.2) is 25.4 Å². The van der Waals surface area contributed by atoms with Gasteiger partial charge in [-0.15, -0.1) is 11.3 Å². The molecule has 1 unspecified atom stereocenters. The lowest BCUT2D eigenvalue weighted by molar-refractivity contribution is -0.118. The van der Waals surface area contributed by atoms with Crippen molar-refractivity contribution in [2.45, 2.75) is 38.1 Å². The number of carbonyl (C=O) groups is 1. The maximum absolute atomic E-state index is 13.9. The fourth-order valence-electron chi connectivity index (χ4n) is 2.93. The van der Waals surface area contributed by atoms with Crippen molar-refractivity contribution in [3.63, 3.8) is 0 Å². The van der Waals surface area contributed by atoms with Gasteiger partial charge in [0.25, 0.3) is 0 Å². The van der Waals surface area contributed by atoms with Crippen molar-refractivity contribution in [2.24, 2.45) is 5.92 Å². The summed E-state index contributed by atoms with van der Waals surface area (Å²) in [4.78, 5) is 17.0. The molecule has 160 valence electrons. The first kappa shape index (κ1) is 22.3. The third kappa shape index (κ3) is 5.18. The molecule has 0 fully saturated rings. The van der Waals surface area contributed by atoms with Crippen molar-refractivity contribution in [3.8, 4) is 0 Å². The Morgan fingerprint density at radius 2 is 1.90 bits per heavy atom. The predicted octanol–water partition coefficient (Wildman–Crippen LogP) is 4.21. The molecule has 6 nitrogen and oxygen atoms in total. The highest BCUT2D eigenvalue weighted by molar-refractivity contribution is 7.89. The Kier molecular flexibility index (Phi) is 6.49. The van der Waals surface area contributed by atoms with E-state index in [4.69, 9.17) is 0 Å². The third-order valence-electron chi connectivity index (χ3n) is 4.29. The number of rotatable bonds is 7. The Labute approximate surface area is 177 Å². The van der Waals surface area contributed by atoms with E-state index in [1.807, 2.05) is 20.8 Å². The molecule has 30 heavy (non-hydrogen) atoms. The maximum atomic E-state index is 13.9. The van der Waals surface area contributed by atoms with Crippen LogP contribution in [0.3, 0.4) is 0 Å². The van der Waals surface area contributed by atoms with Crippen molar-refractivity contribution in [1.29, 1.82) is 0 Å². The molecule has 0 saturated heterocycles. The summed E-state index contributed by atoms with van der Waals surface area (Å²) in [6, 6.07) is 6.14. The van der Waals surface area contributed by atoms with Crippen LogP contribution in [0.5, 0.6) is 0 Å². The second-order valence-corrected chi connectivity index (χ2v) is 10.2. The summed E-state index contributed by atoms with van der Waals surface area (Å²) >= 11 is 1.37. The number of hydrogen-bond acceptors (Lipinski definition) is 5. The van der Waals surface area contributed by atoms with Gasteiger partial charge in [-0.1, -0.05) is 13.8 Å². The van der Waals surface area contributed by atoms with E-state index in [1.54, 1.807) is 6.07 Å². The number of aromatic nitrogens is 1. The van der Waals surface area contributed by atoms with E-state index >= 15 is 0 Å². The Morgan fingerprint density at radius 1 is 1.17 bits per heavy atom. The first-order valence-electron chi connectivity index (χ1n) is 9.20. The molecule has 1 amide bonds. The van der Waals surface area contributed by atoms with Crippen molar-refractivity contribution in [3.05, 3.63) is 53.0 Å². The van der Waals surface area contributed by atoms with E-state index in [1.165, 1.54) is 23.5 Å². The van der Waals surface area contributed by atoms with E-state index in [-0.39, 0.29) is 22.9 Å². The van der Waals surface area contributed by atoms with Gasteiger partial charge in [0.15, 0.2) is 0 Å². The molecule has 0 bridgehead atoms. The van der Waals surface area contributed by atoms with Gasteiger partial charge in [-0.05, 0) is 49.6 Å². The number of fused-ring (bicyclic) bond motifs is 1. The summed E-state index contributed by atoms with van der Waals surface area (Å²) < 4.78 is 55.9. The fraction of sp³-hybridized carbons (Fsp3) is 0.300. The van der Waals surface area contributed by atoms with Crippen LogP contribution in [-0.2, 0) is 14.8 Å². The number of sulfonamides is 1. The molecular formula is C20H21F2N3O3S2. The van der Waals surface area contributed by atoms with Crippen molar-refractivity contribution < 1.29 is 22.0 Å². The highest BCUT2D eigenvalue weighted by Crippen LogP contribution is 2.25. The number of nitrogens with zero attached hydrogens (tertiary/aromatic N) is 1. The van der Waals surface area contributed by atoms with Gasteiger partial charge in [0.05, 0.1) is 25.8 Å². The lowest BCUT2D eigenvalue weighted by atomic mass is 10.0. The number of aryl methyl sites for hydroxylation is 1. The van der Waals surface area contributed by atoms with Gasteiger partial charge in [0.2, 0.25) is 15.9 Å². The van der Waals surface area contributed by atoms with Crippen LogP contribution in [0.2, 0.25) is 0 Å². The first-order valence-corrected chi connectivity index (χ1v) is 11.5. The molecule has 1 atom stereocenters. The maximum Gasteiger partial charge on any atom is 0.242 e. The molecule has 1 aromatic heterocycles. The fourth-order valence-corrected chi connectivity index (χ4v) is 5.11. The van der Waals surface area contributed by atoms with Crippen LogP contribution in [0.15, 0.2) is 41.3 Å². The third-order valence-corrected chi connectivity index (χ3v) is 6.69. The van der Waals surface area contributed by atoms with Crippen LogP contribution in [0, 0.1) is 24.5 Å². The van der Waals surface area contributed by atoms with E-state index in [9.17, 15) is 22.0 Å². The standard InChI is InChI=1S/C20H21F2N3O3S2/c1-11(2)8-18(20(26)24-16-6-4-13(21)9-15(16)22)25-30(27,28)14-5-7-17-19(10-14)29-12(3)23-17/h4-7,9-11,18,25H,8H2,1-3H3,(H,24,26). The zero-order valence-electron chi connectivity index (χ0n) is 16.6. The molecule has 0 spiro atoms. The Bertz CT molecular complexity index is 1190. The predicted molar refractivity (Wildman–Crippen MR) is 113 cm³/mol. The average Bonchev–Trinajstić information content (AvgIpc) is 3.02. The molecule has 3 aromatic rings. The molecule has 10 heteroatoms. The van der Waals surface area contributed by atoms with E-state index in [0.717, 1.165) is 17.1 Å². The number of nitrogens with one attached hydrogen (secondary N) is 2. The van der Waals surface area contributed by atoms with Crippen LogP contribution < -0.4 is 10.0 Å². The van der Waals surface area contributed by atoms with Gasteiger partial charge >= 0.3 is 0 Å². The summed E-state index contributed by atoms with van der Waals surface area (Å²) in [5.41, 5.74) is 0.468. The van der Waals surface area contributed by atoms with Gasteiger partial charge < -0.3 is 5.32 Å². The number of benzene rings is 2. The number of anilines is 1. The largest absolute Gasteiger partial charge is 0.322 e. The van der Waals surface area contributed by atoms with Crippen LogP contribution >= 0.6 is 11.3 Å². The van der Waals surface area contributed by atoms with E-state index < -0.39 is 33.6 Å². The second-order valence-electron chi connectivity index (χ2n) is 7.28. The van der Waals surface area contributed by atoms with E-state index in [2.05, 4.69) is 15.0 Å². The quantitative estimate of drug-likeness (QED) is 0.561. The van der Waals surface area contributed by atoms with Crippen LogP contribution in [0.4, 0.5) is 14.5 Å². The van der Waals surface area contributed by atoms with Crippen molar-refractivity contribution in [2.75, 3.05) is 5.32 Å². The lowest BCUT2D eigenvalue weighted by Gasteiger charge is -2.20. The normalized spacial score (nSPS) is 13.0. The van der Waals surface area contributed by atoms with E-state index in [0.29, 0.717) is 16.3 Å². The minimum atomic E-state index is -4.03. The van der Waals surface area contributed by atoms with Crippen LogP contribution in [0.1, 0.15) is 25.3 Å². The molecular weight excluding hydrogens is 432 g/mol. The Balaban J connectivity index is 1.85. The second kappa shape index (κ2) is 8.75. The smallest absolute Gasteiger partial charge is 0.242 e. The Morgan fingerprint density at radius 3 is 2.57 bits per heavy atom. The molecule has 2 N–H and O–H groups in total. The summed E-state index contributed by atoms with van der Waals surface area (Å²) in [7, 11) is -4.03. The summed E-state index contributed by atoms with van der Waals surface area (Å²) in [6.07, 6.45) is 0.190. The highest BCUT2D eigenvalue weighted by atomic mass is 32.2. The number of amides is 1. The minimum Gasteiger partial charge on any atom is -0.322 e. The topological polar surface area (TPSA) is 88.2 Å². The van der Waals surface area contributed by atoms with Gasteiger partial charge in [0.1, 0.15) is 17.7 Å². The summed E-state index contributed by atoms with van der Waals surface area (Å²) in [6.45, 7) is 5.49. The molecule has 0 radical (unpaired) electrons. The molecule has 3 rings (SSSR count). The van der Waals surface area contributed by atoms with Gasteiger partial charge in [-0.25, -0.2) is 22.2 Å². The monoisotopic (exact) mass is 453 g/mol. The number of carbonyl (C=O) groups excluding carboxylic acids is 1. The number of halogens is 2. The zero-order chi connectivity index (χ0) is 22.1. The minimum absolute atomic E-state index is 0.00756. The van der Waals surface area contributed by atoms with Crippen molar-refractivity contribution >= 4 is 43.2 Å². The number of thiazole rings is 1. The van der Waals surface area contributed by atoms with Gasteiger partial charge in [0, 0.05) is 6.07 Å². The van der Waals surface area contributed by atoms with Crippen molar-refractivity contribution in [1.82, 2.24) is 9.71 Å². The molecule has 0 aliphatic rings.